The van der Waals surface area contributed by atoms with E-state index in [4.69, 9.17) is 0 Å². The minimum Gasteiger partial charge on any atom is -0.288 e. The lowest BCUT2D eigenvalue weighted by Crippen LogP contribution is -2.20. The first-order valence-corrected chi connectivity index (χ1v) is 7.71. The second-order valence-corrected chi connectivity index (χ2v) is 6.12. The van der Waals surface area contributed by atoms with Crippen LogP contribution in [0.4, 0.5) is 5.00 Å². The molecule has 2 aromatic rings. The van der Waals surface area contributed by atoms with Gasteiger partial charge in [0.1, 0.15) is 5.69 Å². The molecular formula is C15H12N2O4S. The lowest BCUT2D eigenvalue weighted by Gasteiger charge is -2.13. The Morgan fingerprint density at radius 1 is 1.23 bits per heavy atom. The van der Waals surface area contributed by atoms with Gasteiger partial charge in [-0.3, -0.25) is 24.7 Å². The Morgan fingerprint density at radius 3 is 2.68 bits per heavy atom. The Hall–Kier alpha value is -2.41. The van der Waals surface area contributed by atoms with Crippen molar-refractivity contribution in [3.05, 3.63) is 55.7 Å². The number of ketones is 2. The molecule has 22 heavy (non-hydrogen) atoms. The number of rotatable bonds is 4. The van der Waals surface area contributed by atoms with Gasteiger partial charge in [-0.25, -0.2) is 0 Å². The van der Waals surface area contributed by atoms with Crippen molar-refractivity contribution in [3.63, 3.8) is 0 Å². The van der Waals surface area contributed by atoms with E-state index >= 15 is 0 Å². The summed E-state index contributed by atoms with van der Waals surface area (Å²) in [6.07, 6.45) is 4.38. The molecule has 0 N–H and O–H groups in total. The van der Waals surface area contributed by atoms with Gasteiger partial charge in [0.05, 0.1) is 20.9 Å². The second kappa shape index (κ2) is 5.42. The van der Waals surface area contributed by atoms with Crippen LogP contribution >= 0.6 is 11.3 Å². The molecule has 2 heterocycles. The van der Waals surface area contributed by atoms with Crippen molar-refractivity contribution in [2.45, 2.75) is 26.2 Å². The molecule has 0 saturated carbocycles. The summed E-state index contributed by atoms with van der Waals surface area (Å²) >= 11 is 0.745. The largest absolute Gasteiger partial charge is 0.325 e. The molecular weight excluding hydrogens is 304 g/mol. The summed E-state index contributed by atoms with van der Waals surface area (Å²) in [6, 6.07) is 2.85. The molecule has 0 bridgehead atoms. The number of pyridine rings is 1. The fraction of sp³-hybridized carbons (Fsp3) is 0.267. The van der Waals surface area contributed by atoms with Crippen LogP contribution in [0.2, 0.25) is 0 Å². The number of carbonyl (C=O) groups excluding carboxylic acids is 2. The molecule has 1 aliphatic carbocycles. The Balaban J connectivity index is 2.08. The maximum Gasteiger partial charge on any atom is 0.325 e. The van der Waals surface area contributed by atoms with Crippen molar-refractivity contribution in [1.29, 1.82) is 0 Å². The van der Waals surface area contributed by atoms with E-state index < -0.39 is 10.7 Å². The molecule has 6 nitrogen and oxygen atoms in total. The van der Waals surface area contributed by atoms with Gasteiger partial charge in [0.2, 0.25) is 11.6 Å². The minimum absolute atomic E-state index is 0.0861. The summed E-state index contributed by atoms with van der Waals surface area (Å²) < 4.78 is 0. The molecule has 0 radical (unpaired) electrons. The van der Waals surface area contributed by atoms with Gasteiger partial charge in [0, 0.05) is 12.3 Å². The van der Waals surface area contributed by atoms with Crippen molar-refractivity contribution in [1.82, 2.24) is 4.98 Å². The fourth-order valence-electron chi connectivity index (χ4n) is 2.43. The molecule has 3 rings (SSSR count). The van der Waals surface area contributed by atoms with Crippen LogP contribution in [0.5, 0.6) is 0 Å². The molecule has 0 aromatic carbocycles. The first-order chi connectivity index (χ1) is 10.5. The van der Waals surface area contributed by atoms with Crippen LogP contribution in [0.3, 0.4) is 0 Å². The van der Waals surface area contributed by atoms with Gasteiger partial charge in [0.25, 0.3) is 0 Å². The standard InChI is InChI=1S/C15H12N2O4S/c1-2-3-4-8-5-9-12(16-7-8)13(18)10-6-11(17(20)21)22-15(10)14(9)19/h5-7H,2-4H2,1H3. The van der Waals surface area contributed by atoms with Crippen LogP contribution < -0.4 is 0 Å². The highest BCUT2D eigenvalue weighted by molar-refractivity contribution is 7.17. The van der Waals surface area contributed by atoms with Gasteiger partial charge < -0.3 is 0 Å². The van der Waals surface area contributed by atoms with E-state index in [0.29, 0.717) is 0 Å². The number of unbranched alkanes of at least 4 members (excludes halogenated alkanes) is 1. The maximum atomic E-state index is 12.5. The molecule has 7 heteroatoms. The van der Waals surface area contributed by atoms with E-state index in [0.717, 1.165) is 42.2 Å². The molecule has 0 saturated heterocycles. The monoisotopic (exact) mass is 316 g/mol. The molecule has 0 atom stereocenters. The van der Waals surface area contributed by atoms with Gasteiger partial charge in [-0.1, -0.05) is 24.7 Å². The van der Waals surface area contributed by atoms with E-state index in [1.54, 1.807) is 12.3 Å². The number of nitro groups is 1. The number of aryl methyl sites for hydroxylation is 1. The average Bonchev–Trinajstić information content (AvgIpc) is 2.96. The van der Waals surface area contributed by atoms with Crippen molar-refractivity contribution in [3.8, 4) is 0 Å². The van der Waals surface area contributed by atoms with Crippen molar-refractivity contribution in [2.75, 3.05) is 0 Å². The first kappa shape index (κ1) is 14.5. The maximum absolute atomic E-state index is 12.5. The van der Waals surface area contributed by atoms with Crippen LogP contribution in [0, 0.1) is 10.1 Å². The zero-order chi connectivity index (χ0) is 15.9. The summed E-state index contributed by atoms with van der Waals surface area (Å²) in [7, 11) is 0. The molecule has 0 unspecified atom stereocenters. The predicted molar refractivity (Wildman–Crippen MR) is 80.7 cm³/mol. The molecule has 112 valence electrons. The molecule has 2 aromatic heterocycles. The van der Waals surface area contributed by atoms with Gasteiger partial charge in [-0.05, 0) is 24.5 Å². The van der Waals surface area contributed by atoms with E-state index in [1.165, 1.54) is 0 Å². The summed E-state index contributed by atoms with van der Waals surface area (Å²) in [5.74, 6) is -0.774. The Kier molecular flexibility index (Phi) is 3.58. The zero-order valence-electron chi connectivity index (χ0n) is 11.8. The number of hydrogen-bond donors (Lipinski definition) is 0. The second-order valence-electron chi connectivity index (χ2n) is 5.09. The van der Waals surface area contributed by atoms with Crippen LogP contribution in [0.1, 0.15) is 56.6 Å². The smallest absolute Gasteiger partial charge is 0.288 e. The van der Waals surface area contributed by atoms with Crippen LogP contribution in [-0.4, -0.2) is 21.5 Å². The normalized spacial score (nSPS) is 13.0. The quantitative estimate of drug-likeness (QED) is 0.544. The fourth-order valence-corrected chi connectivity index (χ4v) is 3.36. The molecule has 0 aliphatic heterocycles. The Bertz CT molecular complexity index is 810. The van der Waals surface area contributed by atoms with Crippen LogP contribution in [0.15, 0.2) is 18.3 Å². The average molecular weight is 316 g/mol. The van der Waals surface area contributed by atoms with E-state index in [1.807, 2.05) is 0 Å². The van der Waals surface area contributed by atoms with Gasteiger partial charge in [-0.2, -0.15) is 0 Å². The molecule has 0 spiro atoms. The Morgan fingerprint density at radius 2 is 2.00 bits per heavy atom. The van der Waals surface area contributed by atoms with Crippen molar-refractivity contribution >= 4 is 27.9 Å². The van der Waals surface area contributed by atoms with Crippen LogP contribution in [-0.2, 0) is 6.42 Å². The Labute approximate surface area is 130 Å². The number of carbonyl (C=O) groups is 2. The molecule has 1 aliphatic rings. The third-order valence-corrected chi connectivity index (χ3v) is 4.66. The van der Waals surface area contributed by atoms with Gasteiger partial charge in [-0.15, -0.1) is 0 Å². The number of thiophene rings is 1. The topological polar surface area (TPSA) is 90.2 Å². The predicted octanol–water partition coefficient (Wildman–Crippen LogP) is 3.17. The lowest BCUT2D eigenvalue weighted by atomic mass is 9.91. The van der Waals surface area contributed by atoms with Crippen LogP contribution in [0.25, 0.3) is 0 Å². The highest BCUT2D eigenvalue weighted by Gasteiger charge is 2.35. The number of fused-ring (bicyclic) bond motifs is 2. The third-order valence-electron chi connectivity index (χ3n) is 3.57. The van der Waals surface area contributed by atoms with E-state index in [2.05, 4.69) is 11.9 Å². The third kappa shape index (κ3) is 2.23. The van der Waals surface area contributed by atoms with Gasteiger partial charge >= 0.3 is 5.00 Å². The van der Waals surface area contributed by atoms with Gasteiger partial charge in [0.15, 0.2) is 0 Å². The SMILES string of the molecule is CCCCc1cnc2c(c1)C(=O)c1sc([N+](=O)[O-])cc1C2=O. The van der Waals surface area contributed by atoms with Crippen molar-refractivity contribution < 1.29 is 14.5 Å². The number of aromatic nitrogens is 1. The summed E-state index contributed by atoms with van der Waals surface area (Å²) in [5.41, 5.74) is 1.33. The lowest BCUT2D eigenvalue weighted by molar-refractivity contribution is -0.380. The first-order valence-electron chi connectivity index (χ1n) is 6.89. The van der Waals surface area contributed by atoms with E-state index in [9.17, 15) is 19.7 Å². The van der Waals surface area contributed by atoms with Crippen molar-refractivity contribution in [2.24, 2.45) is 0 Å². The summed E-state index contributed by atoms with van der Waals surface area (Å²) in [5, 5.41) is 10.7. The summed E-state index contributed by atoms with van der Waals surface area (Å²) in [4.78, 5) is 39.4. The molecule has 0 amide bonds. The highest BCUT2D eigenvalue weighted by Crippen LogP contribution is 2.36. The minimum atomic E-state index is -0.589. The summed E-state index contributed by atoms with van der Waals surface area (Å²) in [6.45, 7) is 2.07. The molecule has 0 fully saturated rings. The number of hydrogen-bond acceptors (Lipinski definition) is 6. The number of nitrogens with zero attached hydrogens (tertiary/aromatic N) is 2. The van der Waals surface area contributed by atoms with E-state index in [-0.39, 0.29) is 32.5 Å². The zero-order valence-corrected chi connectivity index (χ0v) is 12.6. The highest BCUT2D eigenvalue weighted by atomic mass is 32.1.